The van der Waals surface area contributed by atoms with E-state index in [0.717, 1.165) is 31.7 Å². The van der Waals surface area contributed by atoms with E-state index in [0.29, 0.717) is 10.7 Å². The maximum atomic E-state index is 12.6. The normalized spacial score (nSPS) is 21.3. The van der Waals surface area contributed by atoms with Gasteiger partial charge in [0.25, 0.3) is 5.91 Å². The third-order valence-corrected chi connectivity index (χ3v) is 3.67. The second kappa shape index (κ2) is 5.88. The number of halogens is 1. The van der Waals surface area contributed by atoms with Gasteiger partial charge in [-0.2, -0.15) is 0 Å². The summed E-state index contributed by atoms with van der Waals surface area (Å²) in [5, 5.41) is 0.378. The molecular weight excluding hydrogens is 262 g/mol. The number of carbonyl (C=O) groups is 1. The Morgan fingerprint density at radius 2 is 2.16 bits per heavy atom. The predicted octanol–water partition coefficient (Wildman–Crippen LogP) is 2.21. The Labute approximate surface area is 119 Å². The van der Waals surface area contributed by atoms with Gasteiger partial charge < -0.3 is 9.80 Å². The first-order valence-electron chi connectivity index (χ1n) is 6.61. The second-order valence-electron chi connectivity index (χ2n) is 5.28. The lowest BCUT2D eigenvalue weighted by atomic mass is 10.1. The summed E-state index contributed by atoms with van der Waals surface area (Å²) in [6.45, 7) is 6.68. The van der Waals surface area contributed by atoms with Gasteiger partial charge >= 0.3 is 0 Å². The number of pyridine rings is 1. The number of aryl methyl sites for hydroxylation is 1. The molecule has 1 fully saturated rings. The summed E-state index contributed by atoms with van der Waals surface area (Å²) >= 11 is 5.93. The van der Waals surface area contributed by atoms with Gasteiger partial charge in [0.05, 0.1) is 0 Å². The van der Waals surface area contributed by atoms with Crippen molar-refractivity contribution >= 4 is 17.5 Å². The molecule has 104 valence electrons. The van der Waals surface area contributed by atoms with Crippen LogP contribution in [0.2, 0.25) is 5.15 Å². The van der Waals surface area contributed by atoms with Gasteiger partial charge in [0.1, 0.15) is 5.15 Å². The smallest absolute Gasteiger partial charge is 0.254 e. The minimum Gasteiger partial charge on any atom is -0.335 e. The van der Waals surface area contributed by atoms with E-state index in [9.17, 15) is 4.79 Å². The average molecular weight is 282 g/mol. The third kappa shape index (κ3) is 3.45. The van der Waals surface area contributed by atoms with Crippen molar-refractivity contribution in [2.24, 2.45) is 0 Å². The number of aromatic nitrogens is 1. The van der Waals surface area contributed by atoms with Crippen LogP contribution in [-0.4, -0.2) is 53.4 Å². The highest BCUT2D eigenvalue weighted by Gasteiger charge is 2.25. The fourth-order valence-electron chi connectivity index (χ4n) is 2.59. The quantitative estimate of drug-likeness (QED) is 0.741. The molecule has 1 aliphatic heterocycles. The Morgan fingerprint density at radius 1 is 1.42 bits per heavy atom. The van der Waals surface area contributed by atoms with Crippen molar-refractivity contribution in [3.05, 3.63) is 28.5 Å². The van der Waals surface area contributed by atoms with Crippen LogP contribution in [0.3, 0.4) is 0 Å². The van der Waals surface area contributed by atoms with Gasteiger partial charge in [0, 0.05) is 30.4 Å². The number of rotatable bonds is 1. The highest BCUT2D eigenvalue weighted by Crippen LogP contribution is 2.16. The molecule has 0 spiro atoms. The van der Waals surface area contributed by atoms with E-state index < -0.39 is 0 Å². The Bertz CT molecular complexity index is 458. The molecule has 0 aromatic carbocycles. The van der Waals surface area contributed by atoms with Gasteiger partial charge in [0.15, 0.2) is 0 Å². The van der Waals surface area contributed by atoms with Crippen molar-refractivity contribution in [2.75, 3.05) is 26.7 Å². The minimum absolute atomic E-state index is 0.0511. The number of nitrogens with zero attached hydrogens (tertiary/aromatic N) is 3. The minimum atomic E-state index is 0.0511. The number of hydrogen-bond donors (Lipinski definition) is 0. The van der Waals surface area contributed by atoms with Gasteiger partial charge in [0.2, 0.25) is 0 Å². The van der Waals surface area contributed by atoms with E-state index in [1.807, 2.05) is 11.8 Å². The first-order chi connectivity index (χ1) is 8.97. The number of carbonyl (C=O) groups excluding carboxylic acids is 1. The van der Waals surface area contributed by atoms with Gasteiger partial charge in [-0.15, -0.1) is 0 Å². The molecule has 0 bridgehead atoms. The summed E-state index contributed by atoms with van der Waals surface area (Å²) in [7, 11) is 2.10. The largest absolute Gasteiger partial charge is 0.335 e. The number of hydrogen-bond acceptors (Lipinski definition) is 3. The maximum Gasteiger partial charge on any atom is 0.254 e. The highest BCUT2D eigenvalue weighted by molar-refractivity contribution is 6.29. The second-order valence-corrected chi connectivity index (χ2v) is 5.67. The van der Waals surface area contributed by atoms with Gasteiger partial charge in [-0.3, -0.25) is 4.79 Å². The summed E-state index contributed by atoms with van der Waals surface area (Å²) in [6, 6.07) is 3.67. The van der Waals surface area contributed by atoms with Crippen LogP contribution in [0.15, 0.2) is 12.1 Å². The zero-order chi connectivity index (χ0) is 14.0. The lowest BCUT2D eigenvalue weighted by Gasteiger charge is -2.28. The van der Waals surface area contributed by atoms with Crippen LogP contribution >= 0.6 is 11.6 Å². The van der Waals surface area contributed by atoms with Crippen molar-refractivity contribution < 1.29 is 4.79 Å². The van der Waals surface area contributed by atoms with E-state index >= 15 is 0 Å². The molecular formula is C14H20ClN3O. The first kappa shape index (κ1) is 14.3. The SMILES string of the molecule is Cc1cc(C(=O)N2CCCN(C)CC2C)cc(Cl)n1. The van der Waals surface area contributed by atoms with Crippen LogP contribution in [0.4, 0.5) is 0 Å². The summed E-state index contributed by atoms with van der Waals surface area (Å²) in [4.78, 5) is 20.9. The third-order valence-electron chi connectivity index (χ3n) is 3.48. The molecule has 1 unspecified atom stereocenters. The van der Waals surface area contributed by atoms with E-state index in [1.54, 1.807) is 12.1 Å². The predicted molar refractivity (Wildman–Crippen MR) is 76.6 cm³/mol. The Morgan fingerprint density at radius 3 is 2.84 bits per heavy atom. The van der Waals surface area contributed by atoms with Crippen LogP contribution in [0.25, 0.3) is 0 Å². The lowest BCUT2D eigenvalue weighted by Crippen LogP contribution is -2.42. The van der Waals surface area contributed by atoms with Crippen molar-refractivity contribution in [2.45, 2.75) is 26.3 Å². The molecule has 19 heavy (non-hydrogen) atoms. The maximum absolute atomic E-state index is 12.6. The average Bonchev–Trinajstić information content (AvgIpc) is 2.48. The van der Waals surface area contributed by atoms with E-state index in [-0.39, 0.29) is 11.9 Å². The Hall–Kier alpha value is -1.13. The van der Waals surface area contributed by atoms with Crippen molar-refractivity contribution in [1.29, 1.82) is 0 Å². The fourth-order valence-corrected chi connectivity index (χ4v) is 2.84. The van der Waals surface area contributed by atoms with Crippen LogP contribution in [0.5, 0.6) is 0 Å². The molecule has 1 atom stereocenters. The monoisotopic (exact) mass is 281 g/mol. The standard InChI is InChI=1S/C14H20ClN3O/c1-10-7-12(8-13(15)16-10)14(19)18-6-4-5-17(3)9-11(18)2/h7-8,11H,4-6,9H2,1-3H3. The van der Waals surface area contributed by atoms with E-state index in [2.05, 4.69) is 23.9 Å². The first-order valence-corrected chi connectivity index (χ1v) is 6.99. The summed E-state index contributed by atoms with van der Waals surface area (Å²) in [5.74, 6) is 0.0511. The summed E-state index contributed by atoms with van der Waals surface area (Å²) < 4.78 is 0. The summed E-state index contributed by atoms with van der Waals surface area (Å²) in [5.41, 5.74) is 1.41. The Kier molecular flexibility index (Phi) is 4.42. The molecule has 4 nitrogen and oxygen atoms in total. The zero-order valence-corrected chi connectivity index (χ0v) is 12.4. The van der Waals surface area contributed by atoms with Crippen molar-refractivity contribution in [3.63, 3.8) is 0 Å². The molecule has 2 heterocycles. The topological polar surface area (TPSA) is 36.4 Å². The highest BCUT2D eigenvalue weighted by atomic mass is 35.5. The molecule has 1 aliphatic rings. The fraction of sp³-hybridized carbons (Fsp3) is 0.571. The molecule has 1 saturated heterocycles. The molecule has 1 aromatic heterocycles. The molecule has 0 N–H and O–H groups in total. The lowest BCUT2D eigenvalue weighted by molar-refractivity contribution is 0.0696. The molecule has 0 radical (unpaired) electrons. The van der Waals surface area contributed by atoms with Crippen molar-refractivity contribution in [1.82, 2.24) is 14.8 Å². The van der Waals surface area contributed by atoms with Gasteiger partial charge in [-0.25, -0.2) is 4.98 Å². The van der Waals surface area contributed by atoms with Gasteiger partial charge in [-0.1, -0.05) is 11.6 Å². The number of likely N-dealkylation sites (N-methyl/N-ethyl adjacent to an activating group) is 1. The summed E-state index contributed by atoms with van der Waals surface area (Å²) in [6.07, 6.45) is 1.00. The van der Waals surface area contributed by atoms with Gasteiger partial charge in [-0.05, 0) is 46.0 Å². The Balaban J connectivity index is 2.22. The molecule has 2 rings (SSSR count). The molecule has 1 aromatic rings. The molecule has 1 amide bonds. The van der Waals surface area contributed by atoms with Crippen molar-refractivity contribution in [3.8, 4) is 0 Å². The molecule has 0 aliphatic carbocycles. The number of amides is 1. The van der Waals surface area contributed by atoms with E-state index in [4.69, 9.17) is 11.6 Å². The molecule has 5 heteroatoms. The van der Waals surface area contributed by atoms with Crippen LogP contribution < -0.4 is 0 Å². The molecule has 0 saturated carbocycles. The van der Waals surface area contributed by atoms with Crippen LogP contribution in [-0.2, 0) is 0 Å². The van der Waals surface area contributed by atoms with Crippen LogP contribution in [0.1, 0.15) is 29.4 Å². The van der Waals surface area contributed by atoms with E-state index in [1.165, 1.54) is 0 Å². The zero-order valence-electron chi connectivity index (χ0n) is 11.7. The van der Waals surface area contributed by atoms with Crippen LogP contribution in [0, 0.1) is 6.92 Å².